The summed E-state index contributed by atoms with van der Waals surface area (Å²) in [6.07, 6.45) is 1.94. The molecule has 5 aromatic rings. The number of fused-ring (bicyclic) bond motifs is 2. The number of carbonyl (C=O) groups excluding carboxylic acids is 1. The van der Waals surface area contributed by atoms with E-state index in [9.17, 15) is 14.2 Å². The van der Waals surface area contributed by atoms with Crippen molar-refractivity contribution in [2.24, 2.45) is 0 Å². The number of hydrogen-bond donors (Lipinski definition) is 0. The Morgan fingerprint density at radius 1 is 0.789 bits per heavy atom. The molecule has 3 nitrogen and oxygen atoms in total. The Morgan fingerprint density at radius 3 is 2.05 bits per heavy atom. The molecule has 0 fully saturated rings. The highest BCUT2D eigenvalue weighted by molar-refractivity contribution is 7.71. The van der Waals surface area contributed by atoms with E-state index in [-0.39, 0.29) is 11.0 Å². The summed E-state index contributed by atoms with van der Waals surface area (Å²) in [5.74, 6) is 0. The molecule has 5 rings (SSSR count). The minimum atomic E-state index is -2.04. The van der Waals surface area contributed by atoms with Gasteiger partial charge in [-0.25, -0.2) is 4.79 Å². The minimum absolute atomic E-state index is 0.175. The predicted octanol–water partition coefficient (Wildman–Crippen LogP) is 8.44. The van der Waals surface area contributed by atoms with Crippen molar-refractivity contribution >= 4 is 50.1 Å². The van der Waals surface area contributed by atoms with Crippen LogP contribution in [0.4, 0.5) is 0 Å². The fourth-order valence-corrected chi connectivity index (χ4v) is 7.28. The van der Waals surface area contributed by atoms with E-state index in [4.69, 9.17) is 0 Å². The zero-order chi connectivity index (χ0) is 27.4. The summed E-state index contributed by atoms with van der Waals surface area (Å²) < 4.78 is 14.6. The molecule has 0 aliphatic heterocycles. The Labute approximate surface area is 229 Å². The first-order chi connectivity index (χ1) is 18.2. The average molecular weight is 540 g/mol. The van der Waals surface area contributed by atoms with Gasteiger partial charge in [0.1, 0.15) is 0 Å². The lowest BCUT2D eigenvalue weighted by molar-refractivity contribution is 0.107. The van der Waals surface area contributed by atoms with E-state index in [1.54, 1.807) is 35.6 Å². The Bertz CT molecular complexity index is 1700. The van der Waals surface area contributed by atoms with Crippen LogP contribution in [-0.4, -0.2) is 5.52 Å². The van der Waals surface area contributed by atoms with Crippen molar-refractivity contribution in [3.05, 3.63) is 122 Å². The molecule has 0 saturated heterocycles. The Morgan fingerprint density at radius 2 is 1.42 bits per heavy atom. The van der Waals surface area contributed by atoms with Gasteiger partial charge >= 0.3 is 13.3 Å². The molecule has 0 saturated carbocycles. The van der Waals surface area contributed by atoms with Crippen LogP contribution in [0, 0.1) is 20.8 Å². The lowest BCUT2D eigenvalue weighted by Gasteiger charge is -2.08. The molecule has 5 heteroatoms. The van der Waals surface area contributed by atoms with Crippen LogP contribution in [0.15, 0.2) is 83.7 Å². The summed E-state index contributed by atoms with van der Waals surface area (Å²) in [7, 11) is -2.04. The maximum absolute atomic E-state index is 12.6. The van der Waals surface area contributed by atoms with Crippen LogP contribution < -0.4 is 10.7 Å². The SMILES string of the molecule is CCc1cc(CC)c2sc3ccccc3c(=O)c2c1.Cc1cc(C)c(C(=O)[P+](=O)c2ccccc2)c(C)c1. The van der Waals surface area contributed by atoms with Crippen LogP contribution in [0.3, 0.4) is 0 Å². The normalized spacial score (nSPS) is 11.2. The molecule has 1 atom stereocenters. The second-order valence-electron chi connectivity index (χ2n) is 9.47. The third kappa shape index (κ3) is 5.67. The molecule has 4 aromatic carbocycles. The lowest BCUT2D eigenvalue weighted by Crippen LogP contribution is -2.07. The largest absolute Gasteiger partial charge is 0.458 e. The summed E-state index contributed by atoms with van der Waals surface area (Å²) >= 11 is 1.74. The highest BCUT2D eigenvalue weighted by Gasteiger charge is 2.34. The molecule has 0 N–H and O–H groups in total. The van der Waals surface area contributed by atoms with Crippen LogP contribution in [0.1, 0.15) is 52.0 Å². The molecule has 0 aliphatic carbocycles. The highest BCUT2D eigenvalue weighted by Crippen LogP contribution is 2.31. The second-order valence-corrected chi connectivity index (χ2v) is 12.0. The first-order valence-corrected chi connectivity index (χ1v) is 14.9. The van der Waals surface area contributed by atoms with Crippen LogP contribution in [0.25, 0.3) is 20.2 Å². The Kier molecular flexibility index (Phi) is 8.66. The molecule has 0 spiro atoms. The van der Waals surface area contributed by atoms with E-state index < -0.39 is 7.80 Å². The summed E-state index contributed by atoms with van der Waals surface area (Å²) in [5.41, 5.74) is 5.93. The standard InChI is InChI=1S/C17H16OS.C16H16O2P/c1-3-11-9-12(4-2)17-14(10-11)16(18)13-7-5-6-8-15(13)19-17;1-11-9-12(2)15(13(3)10-11)16(17)19(18)14-7-5-4-6-8-14/h5-10H,3-4H2,1-2H3;4-10H,1-3H3/q;+1. The quantitative estimate of drug-likeness (QED) is 0.166. The van der Waals surface area contributed by atoms with Gasteiger partial charge in [0.25, 0.3) is 0 Å². The van der Waals surface area contributed by atoms with Crippen LogP contribution in [0.2, 0.25) is 0 Å². The van der Waals surface area contributed by atoms with Gasteiger partial charge in [0.05, 0.1) is 5.56 Å². The van der Waals surface area contributed by atoms with Crippen molar-refractivity contribution in [1.29, 1.82) is 0 Å². The second kappa shape index (κ2) is 11.9. The van der Waals surface area contributed by atoms with E-state index in [0.717, 1.165) is 49.7 Å². The topological polar surface area (TPSA) is 51.2 Å². The van der Waals surface area contributed by atoms with Crippen molar-refractivity contribution in [1.82, 2.24) is 0 Å². The Hall–Kier alpha value is -3.46. The summed E-state index contributed by atoms with van der Waals surface area (Å²) in [5, 5.41) is 2.32. The number of aryl methyl sites for hydroxylation is 5. The van der Waals surface area contributed by atoms with Gasteiger partial charge in [-0.05, 0) is 86.2 Å². The third-order valence-corrected chi connectivity index (χ3v) is 9.29. The zero-order valence-corrected chi connectivity index (χ0v) is 24.2. The number of rotatable bonds is 5. The molecule has 0 radical (unpaired) electrons. The molecule has 1 heterocycles. The fourth-order valence-electron chi connectivity index (χ4n) is 4.81. The zero-order valence-electron chi connectivity index (χ0n) is 22.5. The Balaban J connectivity index is 0.000000177. The van der Waals surface area contributed by atoms with Gasteiger partial charge in [-0.15, -0.1) is 11.3 Å². The monoisotopic (exact) mass is 539 g/mol. The van der Waals surface area contributed by atoms with Crippen LogP contribution in [0.5, 0.6) is 0 Å². The van der Waals surface area contributed by atoms with Crippen LogP contribution >= 0.6 is 19.1 Å². The van der Waals surface area contributed by atoms with E-state index in [1.165, 1.54) is 11.1 Å². The molecule has 38 heavy (non-hydrogen) atoms. The van der Waals surface area contributed by atoms with Gasteiger partial charge in [0.15, 0.2) is 10.7 Å². The molecule has 0 bridgehead atoms. The third-order valence-electron chi connectivity index (χ3n) is 6.67. The molecule has 0 amide bonds. The van der Waals surface area contributed by atoms with Crippen molar-refractivity contribution in [3.8, 4) is 0 Å². The minimum Gasteiger partial charge on any atom is -0.289 e. The molecular weight excluding hydrogens is 507 g/mol. The van der Waals surface area contributed by atoms with E-state index >= 15 is 0 Å². The molecule has 1 unspecified atom stereocenters. The van der Waals surface area contributed by atoms with Gasteiger partial charge in [0, 0.05) is 20.2 Å². The van der Waals surface area contributed by atoms with E-state index in [0.29, 0.717) is 10.9 Å². The molecule has 1 aromatic heterocycles. The van der Waals surface area contributed by atoms with Gasteiger partial charge in [0.2, 0.25) is 0 Å². The fraction of sp³-hybridized carbons (Fsp3) is 0.212. The molecule has 0 aliphatic rings. The summed E-state index contributed by atoms with van der Waals surface area (Å²) in [6, 6.07) is 25.0. The summed E-state index contributed by atoms with van der Waals surface area (Å²) in [6.45, 7) is 10.1. The van der Waals surface area contributed by atoms with Gasteiger partial charge < -0.3 is 0 Å². The maximum atomic E-state index is 12.6. The first kappa shape index (κ1) is 27.6. The van der Waals surface area contributed by atoms with Gasteiger partial charge in [-0.1, -0.05) is 72.5 Å². The smallest absolute Gasteiger partial charge is 0.289 e. The van der Waals surface area contributed by atoms with Crippen molar-refractivity contribution in [3.63, 3.8) is 0 Å². The number of carbonyl (C=O) groups is 1. The predicted molar refractivity (Wildman–Crippen MR) is 163 cm³/mol. The summed E-state index contributed by atoms with van der Waals surface area (Å²) in [4.78, 5) is 25.0. The van der Waals surface area contributed by atoms with E-state index in [2.05, 4.69) is 26.0 Å². The average Bonchev–Trinajstić information content (AvgIpc) is 2.92. The maximum Gasteiger partial charge on any atom is 0.458 e. The van der Waals surface area contributed by atoms with Gasteiger partial charge in [-0.2, -0.15) is 0 Å². The van der Waals surface area contributed by atoms with Crippen molar-refractivity contribution < 1.29 is 9.36 Å². The van der Waals surface area contributed by atoms with Crippen molar-refractivity contribution in [2.45, 2.75) is 47.5 Å². The lowest BCUT2D eigenvalue weighted by atomic mass is 10.0. The number of benzene rings is 4. The number of hydrogen-bond acceptors (Lipinski definition) is 4. The van der Waals surface area contributed by atoms with Crippen molar-refractivity contribution in [2.75, 3.05) is 0 Å². The molecular formula is C33H32O3PS+. The van der Waals surface area contributed by atoms with E-state index in [1.807, 2.05) is 63.2 Å². The van der Waals surface area contributed by atoms with Gasteiger partial charge in [-0.3, -0.25) is 4.79 Å². The first-order valence-electron chi connectivity index (χ1n) is 12.9. The highest BCUT2D eigenvalue weighted by atomic mass is 32.1. The molecule has 192 valence electrons. The van der Waals surface area contributed by atoms with Crippen LogP contribution in [-0.2, 0) is 17.4 Å².